The minimum atomic E-state index is -0.506. The van der Waals surface area contributed by atoms with Gasteiger partial charge in [-0.3, -0.25) is 4.79 Å². The molecule has 0 unspecified atom stereocenters. The zero-order valence-corrected chi connectivity index (χ0v) is 14.6. The summed E-state index contributed by atoms with van der Waals surface area (Å²) in [5.74, 6) is 0.729. The van der Waals surface area contributed by atoms with Crippen LogP contribution in [0, 0.1) is 11.3 Å². The number of nitrogens with one attached hydrogen (secondary N) is 1. The number of halogens is 1. The molecule has 0 saturated carbocycles. The zero-order valence-electron chi connectivity index (χ0n) is 13.1. The molecular formula is C16H14ClN3O3S. The van der Waals surface area contributed by atoms with E-state index in [9.17, 15) is 10.1 Å². The van der Waals surface area contributed by atoms with Crippen LogP contribution in [-0.2, 0) is 0 Å². The van der Waals surface area contributed by atoms with Crippen molar-refractivity contribution < 1.29 is 9.47 Å². The van der Waals surface area contributed by atoms with Gasteiger partial charge in [-0.1, -0.05) is 36.0 Å². The summed E-state index contributed by atoms with van der Waals surface area (Å²) in [5, 5.41) is 9.95. The van der Waals surface area contributed by atoms with Crippen molar-refractivity contribution in [2.75, 3.05) is 20.0 Å². The van der Waals surface area contributed by atoms with E-state index in [1.807, 2.05) is 6.07 Å². The van der Waals surface area contributed by atoms with E-state index in [0.29, 0.717) is 22.2 Å². The van der Waals surface area contributed by atoms with E-state index in [1.54, 1.807) is 24.5 Å². The molecule has 0 aliphatic heterocycles. The van der Waals surface area contributed by atoms with Gasteiger partial charge in [0.25, 0.3) is 5.56 Å². The SMILES string of the molecule is C=CCOc1c(Cl)cc(-c2nc(SC)[nH]c(=O)c2C#N)cc1OC. The third-order valence-electron chi connectivity index (χ3n) is 3.05. The Morgan fingerprint density at radius 1 is 1.54 bits per heavy atom. The molecular weight excluding hydrogens is 350 g/mol. The van der Waals surface area contributed by atoms with Gasteiger partial charge in [-0.25, -0.2) is 4.98 Å². The number of thioether (sulfide) groups is 1. The highest BCUT2D eigenvalue weighted by Gasteiger charge is 2.18. The van der Waals surface area contributed by atoms with Gasteiger partial charge in [0.15, 0.2) is 16.7 Å². The molecule has 1 aromatic carbocycles. The highest BCUT2D eigenvalue weighted by Crippen LogP contribution is 2.39. The van der Waals surface area contributed by atoms with E-state index in [0.717, 1.165) is 0 Å². The molecule has 24 heavy (non-hydrogen) atoms. The van der Waals surface area contributed by atoms with E-state index in [1.165, 1.54) is 18.9 Å². The van der Waals surface area contributed by atoms with Crippen molar-refractivity contribution in [2.45, 2.75) is 5.16 Å². The predicted octanol–water partition coefficient (Wildman–Crippen LogP) is 3.26. The predicted molar refractivity (Wildman–Crippen MR) is 94.0 cm³/mol. The number of nitrogens with zero attached hydrogens (tertiary/aromatic N) is 2. The van der Waals surface area contributed by atoms with Crippen LogP contribution >= 0.6 is 23.4 Å². The Hall–Kier alpha value is -2.43. The molecule has 1 heterocycles. The van der Waals surface area contributed by atoms with E-state index in [2.05, 4.69) is 16.5 Å². The van der Waals surface area contributed by atoms with Gasteiger partial charge in [-0.05, 0) is 18.4 Å². The van der Waals surface area contributed by atoms with Crippen molar-refractivity contribution >= 4 is 23.4 Å². The number of rotatable bonds is 6. The molecule has 0 spiro atoms. The first kappa shape index (κ1) is 17.9. The first-order chi connectivity index (χ1) is 11.5. The van der Waals surface area contributed by atoms with Gasteiger partial charge >= 0.3 is 0 Å². The van der Waals surface area contributed by atoms with Crippen LogP contribution in [0.3, 0.4) is 0 Å². The van der Waals surface area contributed by atoms with E-state index in [-0.39, 0.29) is 22.9 Å². The maximum Gasteiger partial charge on any atom is 0.270 e. The molecule has 0 saturated heterocycles. The van der Waals surface area contributed by atoms with Crippen LogP contribution in [0.15, 0.2) is 34.7 Å². The van der Waals surface area contributed by atoms with Gasteiger partial charge in [0, 0.05) is 5.56 Å². The Morgan fingerprint density at radius 2 is 2.29 bits per heavy atom. The van der Waals surface area contributed by atoms with E-state index < -0.39 is 5.56 Å². The molecule has 0 bridgehead atoms. The van der Waals surface area contributed by atoms with Crippen LogP contribution in [0.25, 0.3) is 11.3 Å². The van der Waals surface area contributed by atoms with Crippen LogP contribution in [0.5, 0.6) is 11.5 Å². The summed E-state index contributed by atoms with van der Waals surface area (Å²) in [6, 6.07) is 5.08. The van der Waals surface area contributed by atoms with Gasteiger partial charge in [0.05, 0.1) is 17.8 Å². The van der Waals surface area contributed by atoms with Gasteiger partial charge in [-0.2, -0.15) is 5.26 Å². The van der Waals surface area contributed by atoms with Crippen LogP contribution in [0.1, 0.15) is 5.56 Å². The van der Waals surface area contributed by atoms with E-state index in [4.69, 9.17) is 21.1 Å². The Labute approximate surface area is 148 Å². The van der Waals surface area contributed by atoms with Crippen molar-refractivity contribution in [3.05, 3.63) is 45.7 Å². The van der Waals surface area contributed by atoms with Crippen LogP contribution in [0.2, 0.25) is 5.02 Å². The summed E-state index contributed by atoms with van der Waals surface area (Å²) in [4.78, 5) is 18.9. The maximum atomic E-state index is 12.0. The second kappa shape index (κ2) is 7.90. The van der Waals surface area contributed by atoms with Crippen LogP contribution in [0.4, 0.5) is 0 Å². The number of aromatic amines is 1. The lowest BCUT2D eigenvalue weighted by molar-refractivity contribution is 0.327. The van der Waals surface area contributed by atoms with Gasteiger partial charge in [0.2, 0.25) is 0 Å². The highest BCUT2D eigenvalue weighted by atomic mass is 35.5. The second-order valence-electron chi connectivity index (χ2n) is 4.50. The lowest BCUT2D eigenvalue weighted by atomic mass is 10.1. The molecule has 1 N–H and O–H groups in total. The van der Waals surface area contributed by atoms with Crippen molar-refractivity contribution in [1.29, 1.82) is 5.26 Å². The Bertz CT molecular complexity index is 874. The fourth-order valence-corrected chi connectivity index (χ4v) is 2.64. The normalized spacial score (nSPS) is 10.1. The molecule has 0 amide bonds. The minimum Gasteiger partial charge on any atom is -0.493 e. The second-order valence-corrected chi connectivity index (χ2v) is 5.70. The average molecular weight is 364 g/mol. The van der Waals surface area contributed by atoms with Gasteiger partial charge < -0.3 is 14.5 Å². The lowest BCUT2D eigenvalue weighted by Gasteiger charge is -2.13. The topological polar surface area (TPSA) is 88.0 Å². The Balaban J connectivity index is 2.68. The van der Waals surface area contributed by atoms with Crippen molar-refractivity contribution in [2.24, 2.45) is 0 Å². The van der Waals surface area contributed by atoms with Crippen LogP contribution in [-0.4, -0.2) is 29.9 Å². The molecule has 2 aromatic rings. The first-order valence-corrected chi connectivity index (χ1v) is 8.36. The smallest absolute Gasteiger partial charge is 0.270 e. The zero-order chi connectivity index (χ0) is 17.7. The monoisotopic (exact) mass is 363 g/mol. The van der Waals surface area contributed by atoms with Crippen molar-refractivity contribution in [3.63, 3.8) is 0 Å². The molecule has 0 aliphatic carbocycles. The first-order valence-electron chi connectivity index (χ1n) is 6.75. The summed E-state index contributed by atoms with van der Waals surface area (Å²) < 4.78 is 10.8. The number of nitriles is 1. The summed E-state index contributed by atoms with van der Waals surface area (Å²) in [6.07, 6.45) is 3.36. The number of methoxy groups -OCH3 is 1. The third kappa shape index (κ3) is 3.55. The Kier molecular flexibility index (Phi) is 5.90. The number of H-pyrrole nitrogens is 1. The molecule has 0 radical (unpaired) electrons. The maximum absolute atomic E-state index is 12.0. The van der Waals surface area contributed by atoms with Crippen molar-refractivity contribution in [3.8, 4) is 28.8 Å². The number of aromatic nitrogens is 2. The average Bonchev–Trinajstić information content (AvgIpc) is 2.59. The summed E-state index contributed by atoms with van der Waals surface area (Å²) in [7, 11) is 1.47. The summed E-state index contributed by atoms with van der Waals surface area (Å²) >= 11 is 7.53. The number of ether oxygens (including phenoxy) is 2. The molecule has 6 nitrogen and oxygen atoms in total. The molecule has 0 aliphatic rings. The molecule has 8 heteroatoms. The molecule has 2 rings (SSSR count). The fraction of sp³-hybridized carbons (Fsp3) is 0.188. The summed E-state index contributed by atoms with van der Waals surface area (Å²) in [5.41, 5.74) is 0.126. The standard InChI is InChI=1S/C16H14ClN3O3S/c1-4-5-23-14-11(17)6-9(7-12(14)22-2)13-10(8-18)15(21)20-16(19-13)24-3/h4,6-7H,1,5H2,2-3H3,(H,19,20,21). The van der Waals surface area contributed by atoms with Crippen molar-refractivity contribution in [1.82, 2.24) is 9.97 Å². The lowest BCUT2D eigenvalue weighted by Crippen LogP contribution is -2.14. The molecule has 0 atom stereocenters. The Morgan fingerprint density at radius 3 is 2.88 bits per heavy atom. The fourth-order valence-electron chi connectivity index (χ4n) is 2.00. The third-order valence-corrected chi connectivity index (χ3v) is 3.91. The number of hydrogen-bond donors (Lipinski definition) is 1. The largest absolute Gasteiger partial charge is 0.493 e. The number of benzene rings is 1. The molecule has 124 valence electrons. The van der Waals surface area contributed by atoms with Gasteiger partial charge in [-0.15, -0.1) is 0 Å². The molecule has 1 aromatic heterocycles. The quantitative estimate of drug-likeness (QED) is 0.481. The van der Waals surface area contributed by atoms with Gasteiger partial charge in [0.1, 0.15) is 18.2 Å². The highest BCUT2D eigenvalue weighted by molar-refractivity contribution is 7.98. The summed E-state index contributed by atoms with van der Waals surface area (Å²) in [6.45, 7) is 3.84. The molecule has 0 fully saturated rings. The van der Waals surface area contributed by atoms with E-state index >= 15 is 0 Å². The number of hydrogen-bond acceptors (Lipinski definition) is 6. The minimum absolute atomic E-state index is 0.0920. The van der Waals surface area contributed by atoms with Crippen LogP contribution < -0.4 is 15.0 Å².